The summed E-state index contributed by atoms with van der Waals surface area (Å²) in [6, 6.07) is 2.65. The summed E-state index contributed by atoms with van der Waals surface area (Å²) in [6.07, 6.45) is 1.65. The van der Waals surface area contributed by atoms with Gasteiger partial charge in [0.1, 0.15) is 0 Å². The van der Waals surface area contributed by atoms with Gasteiger partial charge in [0.25, 0.3) is 0 Å². The molecule has 8 nitrogen and oxygen atoms in total. The number of carboxylic acids is 1. The fourth-order valence-corrected chi connectivity index (χ4v) is 4.21. The molecule has 0 spiro atoms. The number of hydrogen-bond acceptors (Lipinski definition) is 6. The Kier molecular flexibility index (Phi) is 4.48. The van der Waals surface area contributed by atoms with Crippen molar-refractivity contribution in [3.05, 3.63) is 24.0 Å². The third-order valence-electron chi connectivity index (χ3n) is 1.80. The number of carbonyl (C=O) groups is 1. The minimum atomic E-state index is -4.02. The second-order valence-corrected chi connectivity index (χ2v) is 8.10. The molecule has 1 heterocycles. The molecule has 0 fully saturated rings. The topological polar surface area (TPSA) is 130 Å². The quantitative estimate of drug-likeness (QED) is 0.721. The van der Waals surface area contributed by atoms with Gasteiger partial charge in [0.15, 0.2) is 14.9 Å². The molecule has 10 heteroatoms. The van der Waals surface area contributed by atoms with Crippen LogP contribution in [0.2, 0.25) is 0 Å². The average Bonchev–Trinajstić information content (AvgIpc) is 2.15. The largest absolute Gasteiger partial charge is 0.481 e. The van der Waals surface area contributed by atoms with Crippen LogP contribution in [0.15, 0.2) is 18.3 Å². The second kappa shape index (κ2) is 5.53. The number of sulfonamides is 1. The maximum atomic E-state index is 11.5. The summed E-state index contributed by atoms with van der Waals surface area (Å²) in [7, 11) is -7.70. The molecule has 0 aliphatic carbocycles. The zero-order chi connectivity index (χ0) is 14.7. The summed E-state index contributed by atoms with van der Waals surface area (Å²) in [5, 5.41) is 7.50. The SMILES string of the molecule is CS(=O)(=O)CS(=O)(=O)Nc1ccc(CC(=O)O)nc1. The molecule has 1 rings (SSSR count). The lowest BCUT2D eigenvalue weighted by molar-refractivity contribution is -0.136. The molecular formula is C9H12N2O6S2. The summed E-state index contributed by atoms with van der Waals surface area (Å²) >= 11 is 0. The van der Waals surface area contributed by atoms with E-state index in [1.165, 1.54) is 12.1 Å². The van der Waals surface area contributed by atoms with E-state index in [0.717, 1.165) is 12.5 Å². The number of nitrogens with one attached hydrogen (secondary N) is 1. The monoisotopic (exact) mass is 308 g/mol. The molecule has 0 saturated heterocycles. The lowest BCUT2D eigenvalue weighted by Crippen LogP contribution is -2.22. The fraction of sp³-hybridized carbons (Fsp3) is 0.333. The Morgan fingerprint density at radius 1 is 1.32 bits per heavy atom. The number of aliphatic carboxylic acids is 1. The van der Waals surface area contributed by atoms with Crippen LogP contribution >= 0.6 is 0 Å². The maximum Gasteiger partial charge on any atom is 0.309 e. The van der Waals surface area contributed by atoms with Crippen LogP contribution in [0.3, 0.4) is 0 Å². The van der Waals surface area contributed by atoms with Gasteiger partial charge in [-0.05, 0) is 12.1 Å². The van der Waals surface area contributed by atoms with Crippen molar-refractivity contribution in [2.75, 3.05) is 16.1 Å². The van der Waals surface area contributed by atoms with Crippen molar-refractivity contribution in [2.45, 2.75) is 6.42 Å². The predicted octanol–water partition coefficient (Wildman–Crippen LogP) is -0.548. The van der Waals surface area contributed by atoms with E-state index in [9.17, 15) is 21.6 Å². The van der Waals surface area contributed by atoms with Gasteiger partial charge in [0.05, 0.1) is 24.0 Å². The van der Waals surface area contributed by atoms with E-state index in [-0.39, 0.29) is 17.8 Å². The van der Waals surface area contributed by atoms with Crippen molar-refractivity contribution in [1.29, 1.82) is 0 Å². The summed E-state index contributed by atoms with van der Waals surface area (Å²) in [6.45, 7) is 0. The van der Waals surface area contributed by atoms with E-state index >= 15 is 0 Å². The van der Waals surface area contributed by atoms with Gasteiger partial charge >= 0.3 is 5.97 Å². The molecule has 0 aliphatic rings. The first-order valence-electron chi connectivity index (χ1n) is 4.92. The highest BCUT2D eigenvalue weighted by Gasteiger charge is 2.18. The molecule has 0 aromatic carbocycles. The van der Waals surface area contributed by atoms with E-state index in [4.69, 9.17) is 5.11 Å². The number of rotatable bonds is 6. The van der Waals surface area contributed by atoms with Gasteiger partial charge < -0.3 is 5.11 Å². The van der Waals surface area contributed by atoms with Gasteiger partial charge in [0, 0.05) is 6.26 Å². The lowest BCUT2D eigenvalue weighted by atomic mass is 10.3. The first-order chi connectivity index (χ1) is 8.57. The minimum absolute atomic E-state index is 0.0674. The molecule has 106 valence electrons. The summed E-state index contributed by atoms with van der Waals surface area (Å²) in [4.78, 5) is 14.2. The van der Waals surface area contributed by atoms with Gasteiger partial charge in [-0.25, -0.2) is 16.8 Å². The highest BCUT2D eigenvalue weighted by molar-refractivity contribution is 8.08. The second-order valence-electron chi connectivity index (χ2n) is 3.87. The van der Waals surface area contributed by atoms with E-state index in [0.29, 0.717) is 0 Å². The Hall–Kier alpha value is -1.68. The number of sulfone groups is 1. The molecule has 1 aromatic rings. The van der Waals surface area contributed by atoms with Gasteiger partial charge in [-0.2, -0.15) is 0 Å². The smallest absolute Gasteiger partial charge is 0.309 e. The predicted molar refractivity (Wildman–Crippen MR) is 67.8 cm³/mol. The van der Waals surface area contributed by atoms with Crippen molar-refractivity contribution in [1.82, 2.24) is 4.98 Å². The first kappa shape index (κ1) is 15.4. The van der Waals surface area contributed by atoms with Gasteiger partial charge in [-0.3, -0.25) is 14.5 Å². The van der Waals surface area contributed by atoms with Crippen LogP contribution in [-0.2, 0) is 31.1 Å². The number of hydrogen-bond donors (Lipinski definition) is 2. The summed E-state index contributed by atoms with van der Waals surface area (Å²) in [5.41, 5.74) is 0.330. The van der Waals surface area contributed by atoms with Gasteiger partial charge in [-0.15, -0.1) is 0 Å². The molecule has 0 amide bonds. The van der Waals surface area contributed by atoms with Gasteiger partial charge in [0.2, 0.25) is 10.0 Å². The van der Waals surface area contributed by atoms with E-state index in [1.54, 1.807) is 0 Å². The highest BCUT2D eigenvalue weighted by Crippen LogP contribution is 2.10. The Labute approximate surface area is 110 Å². The van der Waals surface area contributed by atoms with Crippen LogP contribution in [0.5, 0.6) is 0 Å². The fourth-order valence-electron chi connectivity index (χ4n) is 1.24. The van der Waals surface area contributed by atoms with Crippen molar-refractivity contribution in [3.8, 4) is 0 Å². The van der Waals surface area contributed by atoms with Crippen LogP contribution in [0, 0.1) is 0 Å². The standard InChI is InChI=1S/C9H12N2O6S2/c1-18(14,15)6-19(16,17)11-8-3-2-7(10-5-8)4-9(12)13/h2-3,5,11H,4,6H2,1H3,(H,12,13). The Balaban J connectivity index is 2.81. The molecule has 1 aromatic heterocycles. The highest BCUT2D eigenvalue weighted by atomic mass is 32.3. The molecule has 0 atom stereocenters. The van der Waals surface area contributed by atoms with E-state index in [1.807, 2.05) is 4.72 Å². The summed E-state index contributed by atoms with van der Waals surface area (Å²) < 4.78 is 46.8. The third kappa shape index (κ3) is 6.15. The Bertz CT molecular complexity index is 663. The number of anilines is 1. The molecule has 0 unspecified atom stereocenters. The van der Waals surface area contributed by atoms with Crippen molar-refractivity contribution >= 4 is 31.5 Å². The van der Waals surface area contributed by atoms with Gasteiger partial charge in [-0.1, -0.05) is 0 Å². The van der Waals surface area contributed by atoms with E-state index in [2.05, 4.69) is 4.98 Å². The number of nitrogens with zero attached hydrogens (tertiary/aromatic N) is 1. The number of aromatic nitrogens is 1. The van der Waals surface area contributed by atoms with E-state index < -0.39 is 30.9 Å². The third-order valence-corrected chi connectivity index (χ3v) is 5.30. The van der Waals surface area contributed by atoms with Crippen LogP contribution in [0.4, 0.5) is 5.69 Å². The average molecular weight is 308 g/mol. The number of carboxylic acid groups (broad SMARTS) is 1. The first-order valence-corrected chi connectivity index (χ1v) is 8.64. The normalized spacial score (nSPS) is 12.1. The Morgan fingerprint density at radius 3 is 2.37 bits per heavy atom. The summed E-state index contributed by atoms with van der Waals surface area (Å²) in [5.74, 6) is -1.06. The van der Waals surface area contributed by atoms with Crippen LogP contribution in [-0.4, -0.2) is 44.2 Å². The van der Waals surface area contributed by atoms with Crippen molar-refractivity contribution < 1.29 is 26.7 Å². The maximum absolute atomic E-state index is 11.5. The molecule has 0 radical (unpaired) electrons. The Morgan fingerprint density at radius 2 is 1.95 bits per heavy atom. The van der Waals surface area contributed by atoms with Crippen LogP contribution in [0.1, 0.15) is 5.69 Å². The molecule has 0 saturated carbocycles. The van der Waals surface area contributed by atoms with Crippen molar-refractivity contribution in [2.24, 2.45) is 0 Å². The van der Waals surface area contributed by atoms with Crippen molar-refractivity contribution in [3.63, 3.8) is 0 Å². The zero-order valence-corrected chi connectivity index (χ0v) is 11.5. The lowest BCUT2D eigenvalue weighted by Gasteiger charge is -2.06. The molecule has 0 aliphatic heterocycles. The molecule has 0 bridgehead atoms. The molecular weight excluding hydrogens is 296 g/mol. The minimum Gasteiger partial charge on any atom is -0.481 e. The molecule has 2 N–H and O–H groups in total. The van der Waals surface area contributed by atoms with Crippen LogP contribution < -0.4 is 4.72 Å². The van der Waals surface area contributed by atoms with Crippen LogP contribution in [0.25, 0.3) is 0 Å². The zero-order valence-electron chi connectivity index (χ0n) is 9.90. The number of pyridine rings is 1. The molecule has 19 heavy (non-hydrogen) atoms.